The van der Waals surface area contributed by atoms with Crippen molar-refractivity contribution in [3.8, 4) is 6.07 Å². The lowest BCUT2D eigenvalue weighted by Gasteiger charge is -2.05. The van der Waals surface area contributed by atoms with Crippen molar-refractivity contribution in [2.45, 2.75) is 16.7 Å². The third-order valence-electron chi connectivity index (χ3n) is 3.79. The second-order valence-electron chi connectivity index (χ2n) is 5.78. The van der Waals surface area contributed by atoms with Crippen molar-refractivity contribution in [3.63, 3.8) is 0 Å². The third-order valence-corrected chi connectivity index (χ3v) is 5.35. The van der Waals surface area contributed by atoms with Gasteiger partial charge in [0, 0.05) is 20.4 Å². The van der Waals surface area contributed by atoms with Crippen LogP contribution in [0, 0.1) is 18.3 Å². The smallest absolute Gasteiger partial charge is 0.0998 e. The molecule has 0 atom stereocenters. The molecule has 3 aromatic carbocycles. The Labute approximate surface area is 167 Å². The Hall–Kier alpha value is -2.18. The number of nitrogens with zero attached hydrogens (tertiary/aromatic N) is 1. The lowest BCUT2D eigenvalue weighted by atomic mass is 10.0. The van der Waals surface area contributed by atoms with Crippen LogP contribution in [0.1, 0.15) is 16.7 Å². The molecule has 3 rings (SSSR count). The molecule has 0 aliphatic carbocycles. The SMILES string of the molecule is Cc1ccc(Sc2ccc(/C=C(/C#N)c3ccc(Cl)cc3Cl)cc2)cc1. The van der Waals surface area contributed by atoms with E-state index in [0.717, 1.165) is 10.5 Å². The molecule has 1 nitrogen and oxygen atoms in total. The summed E-state index contributed by atoms with van der Waals surface area (Å²) in [5.74, 6) is 0. The number of rotatable bonds is 4. The second-order valence-corrected chi connectivity index (χ2v) is 7.77. The Bertz CT molecular complexity index is 984. The topological polar surface area (TPSA) is 23.8 Å². The summed E-state index contributed by atoms with van der Waals surface area (Å²) in [5.41, 5.74) is 3.38. The van der Waals surface area contributed by atoms with Gasteiger partial charge in [-0.15, -0.1) is 0 Å². The van der Waals surface area contributed by atoms with Gasteiger partial charge in [-0.25, -0.2) is 0 Å². The van der Waals surface area contributed by atoms with Crippen molar-refractivity contribution in [1.29, 1.82) is 5.26 Å². The van der Waals surface area contributed by atoms with Gasteiger partial charge < -0.3 is 0 Å². The molecule has 0 heterocycles. The molecule has 4 heteroatoms. The van der Waals surface area contributed by atoms with Gasteiger partial charge >= 0.3 is 0 Å². The van der Waals surface area contributed by atoms with Crippen LogP contribution in [0.2, 0.25) is 10.0 Å². The first kappa shape index (κ1) is 18.6. The number of allylic oxidation sites excluding steroid dienone is 1. The summed E-state index contributed by atoms with van der Waals surface area (Å²) < 4.78 is 0. The summed E-state index contributed by atoms with van der Waals surface area (Å²) in [6.07, 6.45) is 1.83. The number of hydrogen-bond donors (Lipinski definition) is 0. The maximum Gasteiger partial charge on any atom is 0.0998 e. The van der Waals surface area contributed by atoms with Crippen molar-refractivity contribution < 1.29 is 0 Å². The fourth-order valence-corrected chi connectivity index (χ4v) is 3.75. The fourth-order valence-electron chi connectivity index (χ4n) is 2.42. The largest absolute Gasteiger partial charge is 0.192 e. The van der Waals surface area contributed by atoms with E-state index in [1.807, 2.05) is 18.2 Å². The maximum absolute atomic E-state index is 9.49. The minimum Gasteiger partial charge on any atom is -0.192 e. The Morgan fingerprint density at radius 1 is 0.923 bits per heavy atom. The molecule has 26 heavy (non-hydrogen) atoms. The van der Waals surface area contributed by atoms with Crippen LogP contribution in [0.5, 0.6) is 0 Å². The van der Waals surface area contributed by atoms with E-state index in [0.29, 0.717) is 21.2 Å². The minimum absolute atomic E-state index is 0.469. The van der Waals surface area contributed by atoms with Gasteiger partial charge in [0.05, 0.1) is 16.7 Å². The third kappa shape index (κ3) is 4.71. The normalized spacial score (nSPS) is 11.2. The maximum atomic E-state index is 9.49. The zero-order valence-electron chi connectivity index (χ0n) is 14.0. The average molecular weight is 396 g/mol. The summed E-state index contributed by atoms with van der Waals surface area (Å²) in [5, 5.41) is 10.5. The van der Waals surface area contributed by atoms with E-state index in [1.165, 1.54) is 10.5 Å². The standard InChI is InChI=1S/C22H15Cl2NS/c1-15-2-7-19(8-3-15)26-20-9-4-16(5-10-20)12-17(14-25)21-11-6-18(23)13-22(21)24/h2-13H,1H3/b17-12-. The number of hydrogen-bond acceptors (Lipinski definition) is 2. The molecule has 0 aromatic heterocycles. The van der Waals surface area contributed by atoms with Gasteiger partial charge in [-0.05, 0) is 55.0 Å². The zero-order valence-corrected chi connectivity index (χ0v) is 16.4. The van der Waals surface area contributed by atoms with Gasteiger partial charge in [-0.1, -0.05) is 70.9 Å². The molecule has 0 saturated heterocycles. The Kier molecular flexibility index (Phi) is 6.06. The minimum atomic E-state index is 0.469. The summed E-state index contributed by atoms with van der Waals surface area (Å²) in [6, 6.07) is 23.9. The first-order valence-electron chi connectivity index (χ1n) is 7.97. The van der Waals surface area contributed by atoms with E-state index in [4.69, 9.17) is 23.2 Å². The zero-order chi connectivity index (χ0) is 18.5. The van der Waals surface area contributed by atoms with Crippen molar-refractivity contribution in [1.82, 2.24) is 0 Å². The summed E-state index contributed by atoms with van der Waals surface area (Å²) in [4.78, 5) is 2.35. The van der Waals surface area contributed by atoms with E-state index >= 15 is 0 Å². The molecule has 0 aliphatic heterocycles. The highest BCUT2D eigenvalue weighted by Gasteiger charge is 2.07. The molecular weight excluding hydrogens is 381 g/mol. The van der Waals surface area contributed by atoms with Crippen molar-refractivity contribution in [3.05, 3.63) is 93.5 Å². The van der Waals surface area contributed by atoms with E-state index in [9.17, 15) is 5.26 Å². The predicted octanol–water partition coefficient (Wildman–Crippen LogP) is 7.52. The van der Waals surface area contributed by atoms with Gasteiger partial charge in [0.2, 0.25) is 0 Å². The van der Waals surface area contributed by atoms with Crippen LogP contribution < -0.4 is 0 Å². The van der Waals surface area contributed by atoms with E-state index in [-0.39, 0.29) is 0 Å². The highest BCUT2D eigenvalue weighted by atomic mass is 35.5. The fraction of sp³-hybridized carbons (Fsp3) is 0.0455. The van der Waals surface area contributed by atoms with Crippen molar-refractivity contribution in [2.75, 3.05) is 0 Å². The van der Waals surface area contributed by atoms with Gasteiger partial charge in [0.25, 0.3) is 0 Å². The number of nitriles is 1. The van der Waals surface area contributed by atoms with Gasteiger partial charge in [-0.2, -0.15) is 5.26 Å². The van der Waals surface area contributed by atoms with Crippen LogP contribution in [0.15, 0.2) is 76.5 Å². The number of benzene rings is 3. The van der Waals surface area contributed by atoms with Crippen LogP contribution in [-0.4, -0.2) is 0 Å². The molecule has 0 aliphatic rings. The Morgan fingerprint density at radius 3 is 2.12 bits per heavy atom. The first-order valence-corrected chi connectivity index (χ1v) is 9.54. The number of halogens is 2. The summed E-state index contributed by atoms with van der Waals surface area (Å²) in [6.45, 7) is 2.08. The van der Waals surface area contributed by atoms with Crippen LogP contribution in [-0.2, 0) is 0 Å². The molecule has 3 aromatic rings. The van der Waals surface area contributed by atoms with Crippen LogP contribution in [0.25, 0.3) is 11.6 Å². The van der Waals surface area contributed by atoms with Gasteiger partial charge in [0.1, 0.15) is 0 Å². The molecular formula is C22H15Cl2NS. The lowest BCUT2D eigenvalue weighted by molar-refractivity contribution is 1.36. The Morgan fingerprint density at radius 2 is 1.54 bits per heavy atom. The molecule has 0 spiro atoms. The number of aryl methyl sites for hydroxylation is 1. The molecule has 0 amide bonds. The monoisotopic (exact) mass is 395 g/mol. The molecule has 0 fully saturated rings. The quantitative estimate of drug-likeness (QED) is 0.336. The molecule has 0 bridgehead atoms. The Balaban J connectivity index is 1.81. The van der Waals surface area contributed by atoms with Gasteiger partial charge in [-0.3, -0.25) is 0 Å². The molecule has 0 unspecified atom stereocenters. The first-order chi connectivity index (χ1) is 12.5. The second kappa shape index (κ2) is 8.47. The summed E-state index contributed by atoms with van der Waals surface area (Å²) in [7, 11) is 0. The van der Waals surface area contributed by atoms with Crippen molar-refractivity contribution in [2.24, 2.45) is 0 Å². The predicted molar refractivity (Wildman–Crippen MR) is 112 cm³/mol. The van der Waals surface area contributed by atoms with Crippen LogP contribution in [0.3, 0.4) is 0 Å². The van der Waals surface area contributed by atoms with E-state index in [1.54, 1.807) is 30.0 Å². The molecule has 0 saturated carbocycles. The van der Waals surface area contributed by atoms with Crippen molar-refractivity contribution >= 4 is 46.6 Å². The lowest BCUT2D eigenvalue weighted by Crippen LogP contribution is -1.84. The van der Waals surface area contributed by atoms with Gasteiger partial charge in [0.15, 0.2) is 0 Å². The van der Waals surface area contributed by atoms with E-state index < -0.39 is 0 Å². The highest BCUT2D eigenvalue weighted by molar-refractivity contribution is 7.99. The average Bonchev–Trinajstić information content (AvgIpc) is 2.63. The molecule has 0 N–H and O–H groups in total. The molecule has 128 valence electrons. The van der Waals surface area contributed by atoms with E-state index in [2.05, 4.69) is 49.4 Å². The van der Waals surface area contributed by atoms with Crippen LogP contribution >= 0.6 is 35.0 Å². The van der Waals surface area contributed by atoms with Crippen LogP contribution in [0.4, 0.5) is 0 Å². The summed E-state index contributed by atoms with van der Waals surface area (Å²) >= 11 is 13.9. The molecule has 0 radical (unpaired) electrons. The highest BCUT2D eigenvalue weighted by Crippen LogP contribution is 2.30.